The Bertz CT molecular complexity index is 1010. The number of esters is 1. The van der Waals surface area contributed by atoms with Crippen LogP contribution in [0.1, 0.15) is 21.5 Å². The van der Waals surface area contributed by atoms with Gasteiger partial charge in [-0.25, -0.2) is 4.79 Å². The zero-order valence-electron chi connectivity index (χ0n) is 14.8. The van der Waals surface area contributed by atoms with E-state index < -0.39 is 17.9 Å². The summed E-state index contributed by atoms with van der Waals surface area (Å²) in [6, 6.07) is 21.2. The predicted octanol–water partition coefficient (Wildman–Crippen LogP) is 3.23. The van der Waals surface area contributed by atoms with Crippen molar-refractivity contribution >= 4 is 22.6 Å². The van der Waals surface area contributed by atoms with Crippen LogP contribution in [-0.2, 0) is 16.0 Å². The van der Waals surface area contributed by atoms with Crippen LogP contribution in [0.5, 0.6) is 0 Å². The number of carbonyl (C=O) groups excluding carboxylic acids is 2. The van der Waals surface area contributed by atoms with E-state index in [1.54, 1.807) is 24.3 Å². The number of benzene rings is 3. The number of methoxy groups -OCH3 is 1. The molecule has 27 heavy (non-hydrogen) atoms. The summed E-state index contributed by atoms with van der Waals surface area (Å²) in [5.41, 5.74) is 1.79. The molecule has 0 saturated heterocycles. The molecule has 5 heteroatoms. The lowest BCUT2D eigenvalue weighted by Gasteiger charge is -2.18. The van der Waals surface area contributed by atoms with Gasteiger partial charge in [-0.15, -0.1) is 0 Å². The molecule has 0 saturated carbocycles. The fourth-order valence-electron chi connectivity index (χ4n) is 2.96. The van der Waals surface area contributed by atoms with Gasteiger partial charge in [0.2, 0.25) is 0 Å². The molecule has 0 radical (unpaired) electrons. The molecule has 0 bridgehead atoms. The Labute approximate surface area is 157 Å². The minimum Gasteiger partial charge on any atom is -0.467 e. The number of hydrogen-bond acceptors (Lipinski definition) is 4. The summed E-state index contributed by atoms with van der Waals surface area (Å²) in [6.07, 6.45) is 0.316. The fraction of sp³-hybridized carbons (Fsp3) is 0.136. The van der Waals surface area contributed by atoms with Crippen molar-refractivity contribution < 1.29 is 14.3 Å². The molecule has 3 aromatic carbocycles. The maximum atomic E-state index is 12.5. The van der Waals surface area contributed by atoms with E-state index >= 15 is 0 Å². The molecular formula is C22H18N2O3. The largest absolute Gasteiger partial charge is 0.467 e. The highest BCUT2D eigenvalue weighted by Gasteiger charge is 2.23. The van der Waals surface area contributed by atoms with Crippen molar-refractivity contribution in [3.05, 3.63) is 83.4 Å². The first-order chi connectivity index (χ1) is 13.1. The van der Waals surface area contributed by atoms with Crippen molar-refractivity contribution in [3.8, 4) is 6.07 Å². The van der Waals surface area contributed by atoms with Gasteiger partial charge in [0, 0.05) is 12.0 Å². The number of nitriles is 1. The minimum atomic E-state index is -0.816. The molecular weight excluding hydrogens is 340 g/mol. The van der Waals surface area contributed by atoms with E-state index in [1.165, 1.54) is 7.11 Å². The molecule has 0 spiro atoms. The Morgan fingerprint density at radius 2 is 1.74 bits per heavy atom. The van der Waals surface area contributed by atoms with Gasteiger partial charge in [-0.05, 0) is 40.6 Å². The number of amides is 1. The number of hydrogen-bond donors (Lipinski definition) is 1. The summed E-state index contributed by atoms with van der Waals surface area (Å²) in [5.74, 6) is -0.903. The zero-order chi connectivity index (χ0) is 19.2. The van der Waals surface area contributed by atoms with E-state index in [9.17, 15) is 9.59 Å². The van der Waals surface area contributed by atoms with Crippen molar-refractivity contribution in [2.75, 3.05) is 7.11 Å². The van der Waals surface area contributed by atoms with Crippen LogP contribution in [0.15, 0.2) is 66.7 Å². The summed E-state index contributed by atoms with van der Waals surface area (Å²) in [4.78, 5) is 24.8. The van der Waals surface area contributed by atoms with Crippen LogP contribution in [0.3, 0.4) is 0 Å². The summed E-state index contributed by atoms with van der Waals surface area (Å²) in [5, 5.41) is 13.7. The smallest absolute Gasteiger partial charge is 0.328 e. The first-order valence-corrected chi connectivity index (χ1v) is 8.48. The molecule has 3 aromatic rings. The molecule has 3 rings (SSSR count). The van der Waals surface area contributed by atoms with Crippen molar-refractivity contribution in [3.63, 3.8) is 0 Å². The van der Waals surface area contributed by atoms with E-state index in [2.05, 4.69) is 5.32 Å². The molecule has 5 nitrogen and oxygen atoms in total. The van der Waals surface area contributed by atoms with E-state index in [0.29, 0.717) is 17.5 Å². The van der Waals surface area contributed by atoms with Crippen LogP contribution < -0.4 is 5.32 Å². The lowest BCUT2D eigenvalue weighted by Crippen LogP contribution is -2.43. The van der Waals surface area contributed by atoms with Crippen LogP contribution >= 0.6 is 0 Å². The quantitative estimate of drug-likeness (QED) is 0.710. The van der Waals surface area contributed by atoms with Crippen molar-refractivity contribution in [1.29, 1.82) is 5.26 Å². The third kappa shape index (κ3) is 4.13. The molecule has 0 aliphatic heterocycles. The highest BCUT2D eigenvalue weighted by molar-refractivity contribution is 5.97. The van der Waals surface area contributed by atoms with Gasteiger partial charge in [0.1, 0.15) is 6.04 Å². The van der Waals surface area contributed by atoms with Gasteiger partial charge in [0.15, 0.2) is 0 Å². The van der Waals surface area contributed by atoms with E-state index in [4.69, 9.17) is 10.00 Å². The van der Waals surface area contributed by atoms with E-state index in [1.807, 2.05) is 48.5 Å². The normalized spacial score (nSPS) is 11.4. The van der Waals surface area contributed by atoms with Gasteiger partial charge < -0.3 is 10.1 Å². The number of ether oxygens (including phenoxy) is 1. The lowest BCUT2D eigenvalue weighted by molar-refractivity contribution is -0.142. The summed E-state index contributed by atoms with van der Waals surface area (Å²) >= 11 is 0. The van der Waals surface area contributed by atoms with E-state index in [0.717, 1.165) is 16.3 Å². The Morgan fingerprint density at radius 1 is 1.04 bits per heavy atom. The van der Waals surface area contributed by atoms with Crippen molar-refractivity contribution in [2.24, 2.45) is 0 Å². The Hall–Kier alpha value is -3.65. The fourth-order valence-corrected chi connectivity index (χ4v) is 2.96. The lowest BCUT2D eigenvalue weighted by atomic mass is 9.98. The molecule has 0 aliphatic rings. The van der Waals surface area contributed by atoms with Gasteiger partial charge in [-0.1, -0.05) is 42.5 Å². The van der Waals surface area contributed by atoms with Gasteiger partial charge in [-0.2, -0.15) is 5.26 Å². The Balaban J connectivity index is 1.84. The van der Waals surface area contributed by atoms with Gasteiger partial charge in [-0.3, -0.25) is 4.79 Å². The van der Waals surface area contributed by atoms with Gasteiger partial charge in [0.25, 0.3) is 5.91 Å². The number of carbonyl (C=O) groups is 2. The highest BCUT2D eigenvalue weighted by Crippen LogP contribution is 2.20. The van der Waals surface area contributed by atoms with E-state index in [-0.39, 0.29) is 0 Å². The molecule has 0 fully saturated rings. The molecule has 1 N–H and O–H groups in total. The molecule has 134 valence electrons. The topological polar surface area (TPSA) is 79.2 Å². The number of nitrogens with one attached hydrogen (secondary N) is 1. The number of fused-ring (bicyclic) bond motifs is 1. The van der Waals surface area contributed by atoms with Crippen LogP contribution in [0.25, 0.3) is 10.8 Å². The first-order valence-electron chi connectivity index (χ1n) is 8.48. The SMILES string of the molecule is COC(=O)[C@@H](Cc1cccc2ccccc12)NC(=O)c1ccc(C#N)cc1. The molecule has 0 unspecified atom stereocenters. The number of rotatable bonds is 5. The molecule has 0 heterocycles. The maximum Gasteiger partial charge on any atom is 0.328 e. The maximum absolute atomic E-state index is 12.5. The van der Waals surface area contributed by atoms with Crippen LogP contribution in [0, 0.1) is 11.3 Å². The second kappa shape index (κ2) is 8.15. The summed E-state index contributed by atoms with van der Waals surface area (Å²) < 4.78 is 4.87. The highest BCUT2D eigenvalue weighted by atomic mass is 16.5. The number of nitrogens with zero attached hydrogens (tertiary/aromatic N) is 1. The molecule has 0 aromatic heterocycles. The first kappa shape index (κ1) is 18.2. The average molecular weight is 358 g/mol. The van der Waals surface area contributed by atoms with Crippen LogP contribution in [-0.4, -0.2) is 25.0 Å². The molecule has 0 aliphatic carbocycles. The Morgan fingerprint density at radius 3 is 2.44 bits per heavy atom. The minimum absolute atomic E-state index is 0.316. The zero-order valence-corrected chi connectivity index (χ0v) is 14.8. The van der Waals surface area contributed by atoms with Crippen molar-refractivity contribution in [1.82, 2.24) is 5.32 Å². The van der Waals surface area contributed by atoms with Crippen LogP contribution in [0.2, 0.25) is 0 Å². The second-order valence-corrected chi connectivity index (χ2v) is 6.08. The third-order valence-corrected chi connectivity index (χ3v) is 4.37. The molecule has 1 amide bonds. The third-order valence-electron chi connectivity index (χ3n) is 4.37. The molecule has 1 atom stereocenters. The van der Waals surface area contributed by atoms with Gasteiger partial charge >= 0.3 is 5.97 Å². The average Bonchev–Trinajstić information content (AvgIpc) is 2.72. The standard InChI is InChI=1S/C22H18N2O3/c1-27-22(26)20(24-21(25)17-11-9-15(14-23)10-12-17)13-18-7-4-6-16-5-2-3-8-19(16)18/h2-12,20H,13H2,1H3,(H,24,25)/t20-/m1/s1. The second-order valence-electron chi connectivity index (χ2n) is 6.08. The van der Waals surface area contributed by atoms with Gasteiger partial charge in [0.05, 0.1) is 18.7 Å². The van der Waals surface area contributed by atoms with Crippen LogP contribution in [0.4, 0.5) is 0 Å². The summed E-state index contributed by atoms with van der Waals surface area (Å²) in [7, 11) is 1.30. The summed E-state index contributed by atoms with van der Waals surface area (Å²) in [6.45, 7) is 0. The van der Waals surface area contributed by atoms with Crippen molar-refractivity contribution in [2.45, 2.75) is 12.5 Å². The monoisotopic (exact) mass is 358 g/mol. The Kier molecular flexibility index (Phi) is 5.48. The predicted molar refractivity (Wildman–Crippen MR) is 102 cm³/mol.